The summed E-state index contributed by atoms with van der Waals surface area (Å²) in [7, 11) is 0. The summed E-state index contributed by atoms with van der Waals surface area (Å²) < 4.78 is 0. The number of aromatic amines is 1. The van der Waals surface area contributed by atoms with Crippen molar-refractivity contribution in [3.8, 4) is 0 Å². The Morgan fingerprint density at radius 3 is 2.16 bits per heavy atom. The number of H-pyrrole nitrogens is 1. The van der Waals surface area contributed by atoms with Crippen molar-refractivity contribution in [1.29, 1.82) is 0 Å². The van der Waals surface area contributed by atoms with Crippen molar-refractivity contribution in [3.63, 3.8) is 0 Å². The van der Waals surface area contributed by atoms with Crippen LogP contribution in [0.15, 0.2) is 12.1 Å². The molecule has 1 aromatic heterocycles. The predicted molar refractivity (Wildman–Crippen MR) is 83.6 cm³/mol. The van der Waals surface area contributed by atoms with Gasteiger partial charge in [0.05, 0.1) is 5.52 Å². The van der Waals surface area contributed by atoms with Gasteiger partial charge < -0.3 is 16.5 Å². The largest absolute Gasteiger partial charge is 0.398 e. The van der Waals surface area contributed by atoms with Gasteiger partial charge in [-0.05, 0) is 62.1 Å². The maximum absolute atomic E-state index is 6.24. The molecular formula is C16H19N3. The standard InChI is InChI=1S/C16H19N3/c1-7-8(2)16-14(10(4)15(7)18)13-9(3)11(17)5-6-12(13)19-16/h5-6,19H,17-18H2,1-4H3. The van der Waals surface area contributed by atoms with Crippen LogP contribution in [0.4, 0.5) is 11.4 Å². The Balaban J connectivity index is 2.69. The second-order valence-electron chi connectivity index (χ2n) is 5.37. The normalized spacial score (nSPS) is 11.6. The van der Waals surface area contributed by atoms with Crippen LogP contribution in [-0.4, -0.2) is 4.98 Å². The topological polar surface area (TPSA) is 67.8 Å². The number of aryl methyl sites for hydroxylation is 3. The number of nitrogens with one attached hydrogen (secondary N) is 1. The Morgan fingerprint density at radius 2 is 1.47 bits per heavy atom. The minimum atomic E-state index is 0.824. The number of benzene rings is 2. The van der Waals surface area contributed by atoms with Crippen LogP contribution in [0.2, 0.25) is 0 Å². The van der Waals surface area contributed by atoms with Gasteiger partial charge in [0.1, 0.15) is 0 Å². The average molecular weight is 253 g/mol. The van der Waals surface area contributed by atoms with E-state index >= 15 is 0 Å². The van der Waals surface area contributed by atoms with E-state index < -0.39 is 0 Å². The van der Waals surface area contributed by atoms with Crippen LogP contribution in [0.25, 0.3) is 21.8 Å². The molecule has 0 aliphatic rings. The van der Waals surface area contributed by atoms with Gasteiger partial charge in [-0.25, -0.2) is 0 Å². The van der Waals surface area contributed by atoms with Gasteiger partial charge in [-0.1, -0.05) is 0 Å². The maximum atomic E-state index is 6.24. The lowest BCUT2D eigenvalue weighted by Crippen LogP contribution is -1.97. The summed E-state index contributed by atoms with van der Waals surface area (Å²) >= 11 is 0. The fraction of sp³-hybridized carbons (Fsp3) is 0.250. The minimum Gasteiger partial charge on any atom is -0.398 e. The maximum Gasteiger partial charge on any atom is 0.0501 e. The zero-order valence-corrected chi connectivity index (χ0v) is 11.8. The molecular weight excluding hydrogens is 234 g/mol. The van der Waals surface area contributed by atoms with E-state index in [0.29, 0.717) is 0 Å². The highest BCUT2D eigenvalue weighted by molar-refractivity contribution is 6.14. The molecule has 3 rings (SSSR count). The zero-order valence-electron chi connectivity index (χ0n) is 11.8. The van der Waals surface area contributed by atoms with Crippen molar-refractivity contribution >= 4 is 33.2 Å². The molecule has 0 saturated carbocycles. The average Bonchev–Trinajstić information content (AvgIpc) is 2.78. The highest BCUT2D eigenvalue weighted by Crippen LogP contribution is 2.38. The van der Waals surface area contributed by atoms with Crippen LogP contribution >= 0.6 is 0 Å². The van der Waals surface area contributed by atoms with Crippen molar-refractivity contribution in [2.75, 3.05) is 11.5 Å². The Bertz CT molecular complexity index is 825. The van der Waals surface area contributed by atoms with Crippen molar-refractivity contribution < 1.29 is 0 Å². The summed E-state index contributed by atoms with van der Waals surface area (Å²) in [4.78, 5) is 3.51. The molecule has 0 fully saturated rings. The fourth-order valence-electron chi connectivity index (χ4n) is 2.94. The van der Waals surface area contributed by atoms with Gasteiger partial charge in [0.2, 0.25) is 0 Å². The Kier molecular flexibility index (Phi) is 2.30. The third-order valence-electron chi connectivity index (χ3n) is 4.39. The van der Waals surface area contributed by atoms with Crippen LogP contribution in [0.3, 0.4) is 0 Å². The molecule has 0 aliphatic carbocycles. The SMILES string of the molecule is Cc1c(N)c(C)c2c([nH]c3ccc(N)c(C)c32)c1C. The molecule has 0 unspecified atom stereocenters. The van der Waals surface area contributed by atoms with Crippen molar-refractivity contribution in [3.05, 3.63) is 34.4 Å². The molecule has 3 heteroatoms. The number of nitrogen functional groups attached to an aromatic ring is 2. The summed E-state index contributed by atoms with van der Waals surface area (Å²) in [5.41, 5.74) is 20.9. The molecule has 2 aromatic carbocycles. The van der Waals surface area contributed by atoms with E-state index in [1.165, 1.54) is 21.9 Å². The second kappa shape index (κ2) is 3.67. The fourth-order valence-corrected chi connectivity index (χ4v) is 2.94. The number of hydrogen-bond acceptors (Lipinski definition) is 2. The van der Waals surface area contributed by atoms with Crippen molar-refractivity contribution in [2.24, 2.45) is 0 Å². The van der Waals surface area contributed by atoms with Crippen molar-refractivity contribution in [1.82, 2.24) is 4.98 Å². The first-order valence-electron chi connectivity index (χ1n) is 6.49. The third-order valence-corrected chi connectivity index (χ3v) is 4.39. The minimum absolute atomic E-state index is 0.824. The monoisotopic (exact) mass is 253 g/mol. The molecule has 0 amide bonds. The molecule has 0 bridgehead atoms. The number of hydrogen-bond donors (Lipinski definition) is 3. The molecule has 98 valence electrons. The van der Waals surface area contributed by atoms with Crippen molar-refractivity contribution in [2.45, 2.75) is 27.7 Å². The van der Waals surface area contributed by atoms with Gasteiger partial charge in [0.25, 0.3) is 0 Å². The lowest BCUT2D eigenvalue weighted by atomic mass is 9.96. The molecule has 5 N–H and O–H groups in total. The van der Waals surface area contributed by atoms with E-state index in [1.807, 2.05) is 12.1 Å². The molecule has 0 spiro atoms. The third kappa shape index (κ3) is 1.38. The highest BCUT2D eigenvalue weighted by Gasteiger charge is 2.16. The second-order valence-corrected chi connectivity index (χ2v) is 5.37. The van der Waals surface area contributed by atoms with Crippen LogP contribution in [0.1, 0.15) is 22.3 Å². The van der Waals surface area contributed by atoms with Crippen LogP contribution in [-0.2, 0) is 0 Å². The van der Waals surface area contributed by atoms with Gasteiger partial charge in [-0.3, -0.25) is 0 Å². The first-order valence-corrected chi connectivity index (χ1v) is 6.49. The Hall–Kier alpha value is -2.16. The molecule has 0 aliphatic heterocycles. The van der Waals surface area contributed by atoms with E-state index in [-0.39, 0.29) is 0 Å². The number of aromatic nitrogens is 1. The quantitative estimate of drug-likeness (QED) is 0.534. The number of anilines is 2. The van der Waals surface area contributed by atoms with Crippen LogP contribution in [0.5, 0.6) is 0 Å². The molecule has 0 saturated heterocycles. The summed E-state index contributed by atoms with van der Waals surface area (Å²) in [6.45, 7) is 8.33. The van der Waals surface area contributed by atoms with E-state index in [4.69, 9.17) is 11.5 Å². The molecule has 0 atom stereocenters. The Labute approximate surface area is 112 Å². The number of fused-ring (bicyclic) bond motifs is 3. The molecule has 3 aromatic rings. The van der Waals surface area contributed by atoms with E-state index in [1.54, 1.807) is 0 Å². The number of nitrogens with two attached hydrogens (primary N) is 2. The zero-order chi connectivity index (χ0) is 13.9. The first-order chi connectivity index (χ1) is 8.93. The molecule has 0 radical (unpaired) electrons. The van der Waals surface area contributed by atoms with E-state index in [9.17, 15) is 0 Å². The van der Waals surface area contributed by atoms with E-state index in [2.05, 4.69) is 32.7 Å². The van der Waals surface area contributed by atoms with Crippen LogP contribution in [0, 0.1) is 27.7 Å². The first kappa shape index (κ1) is 11.9. The lowest BCUT2D eigenvalue weighted by molar-refractivity contribution is 1.33. The predicted octanol–water partition coefficient (Wildman–Crippen LogP) is 3.72. The molecule has 1 heterocycles. The smallest absolute Gasteiger partial charge is 0.0501 e. The van der Waals surface area contributed by atoms with E-state index in [0.717, 1.165) is 33.6 Å². The van der Waals surface area contributed by atoms with Gasteiger partial charge in [-0.2, -0.15) is 0 Å². The Morgan fingerprint density at radius 1 is 0.789 bits per heavy atom. The summed E-state index contributed by atoms with van der Waals surface area (Å²) in [5, 5.41) is 2.41. The summed E-state index contributed by atoms with van der Waals surface area (Å²) in [5.74, 6) is 0. The van der Waals surface area contributed by atoms with Gasteiger partial charge in [0.15, 0.2) is 0 Å². The summed E-state index contributed by atoms with van der Waals surface area (Å²) in [6, 6.07) is 4.00. The van der Waals surface area contributed by atoms with Crippen LogP contribution < -0.4 is 11.5 Å². The molecule has 19 heavy (non-hydrogen) atoms. The highest BCUT2D eigenvalue weighted by atomic mass is 14.7. The summed E-state index contributed by atoms with van der Waals surface area (Å²) in [6.07, 6.45) is 0. The molecule has 3 nitrogen and oxygen atoms in total. The van der Waals surface area contributed by atoms with Gasteiger partial charge in [-0.15, -0.1) is 0 Å². The van der Waals surface area contributed by atoms with Gasteiger partial charge >= 0.3 is 0 Å². The number of rotatable bonds is 0. The lowest BCUT2D eigenvalue weighted by Gasteiger charge is -2.11. The van der Waals surface area contributed by atoms with Gasteiger partial charge in [0, 0.05) is 27.7 Å².